The van der Waals surface area contributed by atoms with E-state index in [1.54, 1.807) is 0 Å². The molecule has 20 heavy (non-hydrogen) atoms. The highest BCUT2D eigenvalue weighted by molar-refractivity contribution is 6.06. The zero-order chi connectivity index (χ0) is 15.7. The number of carboxylic acid groups (broad SMARTS) is 1. The molecule has 1 aromatic rings. The molecule has 10 heteroatoms. The maximum Gasteiger partial charge on any atom is 0.386 e. The molecule has 0 spiro atoms. The minimum absolute atomic E-state index is 0.599. The van der Waals surface area contributed by atoms with Crippen LogP contribution in [0.15, 0.2) is 12.1 Å². The summed E-state index contributed by atoms with van der Waals surface area (Å²) in [5.41, 5.74) is -0.646. The molecule has 0 bridgehead atoms. The highest BCUT2D eigenvalue weighted by Crippen LogP contribution is 2.35. The summed E-state index contributed by atoms with van der Waals surface area (Å²) in [4.78, 5) is 32.7. The van der Waals surface area contributed by atoms with Gasteiger partial charge in [0.05, 0.1) is 5.56 Å². The summed E-state index contributed by atoms with van der Waals surface area (Å²) < 4.78 is 3.85. The molecular weight excluding hydrogens is 280 g/mol. The minimum atomic E-state index is -3.93. The van der Waals surface area contributed by atoms with Crippen LogP contribution in [-0.2, 0) is 14.3 Å². The van der Waals surface area contributed by atoms with Gasteiger partial charge in [-0.25, -0.2) is 14.4 Å². The molecule has 0 aromatic heterocycles. The molecule has 0 aliphatic carbocycles. The van der Waals surface area contributed by atoms with E-state index in [2.05, 4.69) is 4.74 Å². The van der Waals surface area contributed by atoms with Crippen LogP contribution in [0.25, 0.3) is 0 Å². The molecule has 0 saturated carbocycles. The summed E-state index contributed by atoms with van der Waals surface area (Å²) in [6.07, 6.45) is 0. The molecule has 0 unspecified atom stereocenters. The number of carbonyl (C=O) groups is 3. The zero-order valence-electron chi connectivity index (χ0n) is 9.47. The number of benzene rings is 1. The number of ether oxygens (including phenoxy) is 1. The summed E-state index contributed by atoms with van der Waals surface area (Å²) in [5, 5.41) is 53.1. The van der Waals surface area contributed by atoms with Crippen molar-refractivity contribution < 1.29 is 49.8 Å². The number of aliphatic carboxylic acids is 1. The van der Waals surface area contributed by atoms with Crippen LogP contribution in [0.5, 0.6) is 17.2 Å². The lowest BCUT2D eigenvalue weighted by molar-refractivity contribution is -0.216. The number of aromatic hydroxyl groups is 3. The third kappa shape index (κ3) is 2.76. The molecule has 6 N–H and O–H groups in total. The van der Waals surface area contributed by atoms with Crippen molar-refractivity contribution in [2.75, 3.05) is 0 Å². The van der Waals surface area contributed by atoms with E-state index in [1.165, 1.54) is 0 Å². The van der Waals surface area contributed by atoms with Crippen molar-refractivity contribution in [2.24, 2.45) is 0 Å². The van der Waals surface area contributed by atoms with Crippen LogP contribution in [0.2, 0.25) is 0 Å². The Labute approximate surface area is 109 Å². The molecule has 0 atom stereocenters. The molecule has 0 fully saturated rings. The third-order valence-corrected chi connectivity index (χ3v) is 2.07. The van der Waals surface area contributed by atoms with Gasteiger partial charge in [0.25, 0.3) is 0 Å². The molecule has 10 nitrogen and oxygen atoms in total. The second kappa shape index (κ2) is 5.03. The van der Waals surface area contributed by atoms with Crippen LogP contribution in [0.4, 0.5) is 0 Å². The van der Waals surface area contributed by atoms with Crippen molar-refractivity contribution in [3.63, 3.8) is 0 Å². The Kier molecular flexibility index (Phi) is 3.82. The highest BCUT2D eigenvalue weighted by Gasteiger charge is 2.45. The van der Waals surface area contributed by atoms with Crippen LogP contribution < -0.4 is 0 Å². The molecule has 1 aromatic carbocycles. The fourth-order valence-corrected chi connectivity index (χ4v) is 1.02. The van der Waals surface area contributed by atoms with Crippen LogP contribution in [0.3, 0.4) is 0 Å². The molecule has 0 aliphatic heterocycles. The molecule has 0 saturated heterocycles. The summed E-state index contributed by atoms with van der Waals surface area (Å²) >= 11 is 0. The summed E-state index contributed by atoms with van der Waals surface area (Å²) in [7, 11) is 0. The van der Waals surface area contributed by atoms with E-state index in [0.29, 0.717) is 12.1 Å². The van der Waals surface area contributed by atoms with E-state index in [1.807, 2.05) is 0 Å². The number of hydrogen-bond donors (Lipinski definition) is 6. The Bertz CT molecular complexity index is 565. The monoisotopic (exact) mass is 288 g/mol. The first kappa shape index (κ1) is 15.2. The molecule has 1 rings (SSSR count). The number of rotatable bonds is 3. The van der Waals surface area contributed by atoms with Crippen LogP contribution >= 0.6 is 0 Å². The molecule has 0 amide bonds. The largest absolute Gasteiger partial charge is 0.504 e. The first-order chi connectivity index (χ1) is 9.07. The van der Waals surface area contributed by atoms with Gasteiger partial charge >= 0.3 is 23.7 Å². The average Bonchev–Trinajstić information content (AvgIpc) is 2.34. The minimum Gasteiger partial charge on any atom is -0.504 e. The smallest absolute Gasteiger partial charge is 0.386 e. The van der Waals surface area contributed by atoms with Gasteiger partial charge in [-0.2, -0.15) is 0 Å². The molecule has 0 heterocycles. The predicted octanol–water partition coefficient (Wildman–Crippen LogP) is -1.75. The number of carbonyl (C=O) groups excluding carboxylic acids is 2. The van der Waals surface area contributed by atoms with Gasteiger partial charge in [-0.05, 0) is 12.1 Å². The number of aliphatic hydroxyl groups is 2. The van der Waals surface area contributed by atoms with Crippen molar-refractivity contribution in [2.45, 2.75) is 5.79 Å². The van der Waals surface area contributed by atoms with E-state index < -0.39 is 46.5 Å². The summed E-state index contributed by atoms with van der Waals surface area (Å²) in [6, 6.07) is 1.20. The number of phenols is 3. The van der Waals surface area contributed by atoms with Gasteiger partial charge in [0.2, 0.25) is 0 Å². The van der Waals surface area contributed by atoms with E-state index >= 15 is 0 Å². The van der Waals surface area contributed by atoms with Crippen molar-refractivity contribution in [1.82, 2.24) is 0 Å². The first-order valence-electron chi connectivity index (χ1n) is 4.77. The number of esters is 2. The van der Waals surface area contributed by atoms with E-state index in [4.69, 9.17) is 30.6 Å². The highest BCUT2D eigenvalue weighted by atomic mass is 16.6. The summed E-state index contributed by atoms with van der Waals surface area (Å²) in [5.74, 6) is -12.8. The Balaban J connectivity index is 2.99. The predicted molar refractivity (Wildman–Crippen MR) is 56.7 cm³/mol. The Morgan fingerprint density at radius 2 is 1.45 bits per heavy atom. The molecule has 108 valence electrons. The van der Waals surface area contributed by atoms with Gasteiger partial charge in [0.15, 0.2) is 17.2 Å². The number of carboxylic acids is 1. The van der Waals surface area contributed by atoms with E-state index in [-0.39, 0.29) is 0 Å². The SMILES string of the molecule is O=C(OC(=O)C(O)(O)C(=O)O)c1cc(O)c(O)c(O)c1. The maximum atomic E-state index is 11.4. The first-order valence-corrected chi connectivity index (χ1v) is 4.77. The van der Waals surface area contributed by atoms with Gasteiger partial charge in [-0.3, -0.25) is 0 Å². The lowest BCUT2D eigenvalue weighted by Gasteiger charge is -2.13. The van der Waals surface area contributed by atoms with E-state index in [0.717, 1.165) is 0 Å². The van der Waals surface area contributed by atoms with Crippen molar-refractivity contribution in [1.29, 1.82) is 0 Å². The lowest BCUT2D eigenvalue weighted by Crippen LogP contribution is -2.48. The number of phenolic OH excluding ortho intramolecular Hbond substituents is 3. The fraction of sp³-hybridized carbons (Fsp3) is 0.100. The van der Waals surface area contributed by atoms with Gasteiger partial charge < -0.3 is 35.4 Å². The van der Waals surface area contributed by atoms with Crippen LogP contribution in [0.1, 0.15) is 10.4 Å². The zero-order valence-corrected chi connectivity index (χ0v) is 9.47. The second-order valence-electron chi connectivity index (χ2n) is 3.52. The second-order valence-corrected chi connectivity index (χ2v) is 3.52. The maximum absolute atomic E-state index is 11.4. The normalized spacial score (nSPS) is 10.9. The lowest BCUT2D eigenvalue weighted by atomic mass is 10.2. The summed E-state index contributed by atoms with van der Waals surface area (Å²) in [6.45, 7) is 0. The number of hydrogen-bond acceptors (Lipinski definition) is 9. The molecule has 0 radical (unpaired) electrons. The fourth-order valence-electron chi connectivity index (χ4n) is 1.02. The van der Waals surface area contributed by atoms with Gasteiger partial charge in [0.1, 0.15) is 0 Å². The topological polar surface area (TPSA) is 182 Å². The van der Waals surface area contributed by atoms with Crippen LogP contribution in [0, 0.1) is 0 Å². The molecular formula is C10H8O10. The Hall–Kier alpha value is -2.85. The van der Waals surface area contributed by atoms with Gasteiger partial charge in [-0.15, -0.1) is 0 Å². The van der Waals surface area contributed by atoms with Crippen molar-refractivity contribution >= 4 is 17.9 Å². The average molecular weight is 288 g/mol. The van der Waals surface area contributed by atoms with Gasteiger partial charge in [0, 0.05) is 0 Å². The quantitative estimate of drug-likeness (QED) is 0.161. The molecule has 0 aliphatic rings. The van der Waals surface area contributed by atoms with Crippen LogP contribution in [-0.4, -0.2) is 54.3 Å². The Morgan fingerprint density at radius 3 is 1.85 bits per heavy atom. The van der Waals surface area contributed by atoms with E-state index in [9.17, 15) is 14.4 Å². The van der Waals surface area contributed by atoms with Gasteiger partial charge in [-0.1, -0.05) is 0 Å². The Morgan fingerprint density at radius 1 is 1.00 bits per heavy atom. The third-order valence-electron chi connectivity index (χ3n) is 2.07. The standard InChI is InChI=1S/C10H8O10/c11-4-1-3(2-5(12)6(4)13)7(14)20-9(17)10(18,19)8(15)16/h1-2,11-13,18-19H,(H,15,16). The van der Waals surface area contributed by atoms with Crippen molar-refractivity contribution in [3.8, 4) is 17.2 Å². The van der Waals surface area contributed by atoms with Crippen molar-refractivity contribution in [3.05, 3.63) is 17.7 Å².